The van der Waals surface area contributed by atoms with Crippen molar-refractivity contribution in [3.05, 3.63) is 95.6 Å². The quantitative estimate of drug-likeness (QED) is 0.712. The average Bonchev–Trinajstić information content (AvgIpc) is 2.82. The minimum Gasteiger partial charge on any atom is -0.484 e. The van der Waals surface area contributed by atoms with Crippen LogP contribution in [-0.4, -0.2) is 16.4 Å². The Kier molecular flexibility index (Phi) is 4.44. The Morgan fingerprint density at radius 1 is 1.00 bits per heavy atom. The number of ether oxygens (including phenoxy) is 1. The van der Waals surface area contributed by atoms with Crippen LogP contribution in [-0.2, 0) is 13.1 Å². The molecule has 1 aliphatic rings. The number of nitrogens with zero attached hydrogens (tertiary/aromatic N) is 2. The predicted molar refractivity (Wildman–Crippen MR) is 94.6 cm³/mol. The van der Waals surface area contributed by atoms with Crippen LogP contribution in [0.1, 0.15) is 22.8 Å². The molecule has 1 unspecified atom stereocenters. The lowest BCUT2D eigenvalue weighted by atomic mass is 10.1. The van der Waals surface area contributed by atoms with Gasteiger partial charge in [0.2, 0.25) is 0 Å². The number of benzene rings is 2. The van der Waals surface area contributed by atoms with E-state index in [0.29, 0.717) is 12.1 Å². The van der Waals surface area contributed by atoms with E-state index in [1.165, 1.54) is 11.6 Å². The Balaban J connectivity index is 1.67. The van der Waals surface area contributed by atoms with Gasteiger partial charge in [-0.2, -0.15) is 0 Å². The number of rotatable bonds is 3. The summed E-state index contributed by atoms with van der Waals surface area (Å²) in [5.74, 6) is 0.601. The molecule has 4 rings (SSSR count). The largest absolute Gasteiger partial charge is 0.484 e. The number of aromatic nitrogens is 1. The molecule has 0 saturated carbocycles. The van der Waals surface area contributed by atoms with Crippen molar-refractivity contribution in [2.75, 3.05) is 6.54 Å². The molecule has 1 aromatic heterocycles. The van der Waals surface area contributed by atoms with E-state index in [4.69, 9.17) is 4.74 Å². The molecule has 3 nitrogen and oxygen atoms in total. The highest BCUT2D eigenvalue weighted by Gasteiger charge is 2.26. The summed E-state index contributed by atoms with van der Waals surface area (Å²) in [5.41, 5.74) is 2.90. The first kappa shape index (κ1) is 15.8. The number of halogens is 1. The van der Waals surface area contributed by atoms with Crippen molar-refractivity contribution in [3.8, 4) is 5.75 Å². The highest BCUT2D eigenvalue weighted by Crippen LogP contribution is 2.32. The molecular formula is C21H19FN2O. The van der Waals surface area contributed by atoms with Gasteiger partial charge < -0.3 is 4.74 Å². The van der Waals surface area contributed by atoms with E-state index < -0.39 is 0 Å². The van der Waals surface area contributed by atoms with Gasteiger partial charge in [-0.05, 0) is 29.8 Å². The summed E-state index contributed by atoms with van der Waals surface area (Å²) < 4.78 is 20.5. The van der Waals surface area contributed by atoms with E-state index in [2.05, 4.69) is 16.0 Å². The third-order valence-electron chi connectivity index (χ3n) is 4.47. The molecule has 4 heteroatoms. The van der Waals surface area contributed by atoms with Crippen molar-refractivity contribution in [1.29, 1.82) is 0 Å². The number of para-hydroxylation sites is 1. The second-order valence-electron chi connectivity index (χ2n) is 6.26. The molecule has 0 spiro atoms. The van der Waals surface area contributed by atoms with Crippen molar-refractivity contribution in [3.63, 3.8) is 0 Å². The van der Waals surface area contributed by atoms with Crippen LogP contribution in [0.4, 0.5) is 4.39 Å². The molecule has 2 heterocycles. The maximum Gasteiger partial charge on any atom is 0.139 e. The van der Waals surface area contributed by atoms with E-state index in [9.17, 15) is 4.39 Å². The first-order valence-corrected chi connectivity index (χ1v) is 8.40. The predicted octanol–water partition coefficient (Wildman–Crippen LogP) is 4.36. The van der Waals surface area contributed by atoms with E-state index in [0.717, 1.165) is 24.4 Å². The molecule has 0 bridgehead atoms. The van der Waals surface area contributed by atoms with Gasteiger partial charge in [-0.25, -0.2) is 4.39 Å². The van der Waals surface area contributed by atoms with Crippen LogP contribution in [0.25, 0.3) is 0 Å². The third kappa shape index (κ3) is 3.54. The van der Waals surface area contributed by atoms with Gasteiger partial charge in [0.15, 0.2) is 0 Å². The number of fused-ring (bicyclic) bond motifs is 1. The molecule has 1 aliphatic heterocycles. The van der Waals surface area contributed by atoms with Crippen LogP contribution in [0.5, 0.6) is 5.75 Å². The number of hydrogen-bond acceptors (Lipinski definition) is 3. The summed E-state index contributed by atoms with van der Waals surface area (Å²) in [7, 11) is 0. The number of pyridine rings is 1. The van der Waals surface area contributed by atoms with Gasteiger partial charge in [0.05, 0.1) is 0 Å². The topological polar surface area (TPSA) is 25.4 Å². The third-order valence-corrected chi connectivity index (χ3v) is 4.47. The minimum atomic E-state index is -0.341. The Bertz CT molecular complexity index is 853. The van der Waals surface area contributed by atoms with Crippen molar-refractivity contribution in [2.45, 2.75) is 19.2 Å². The smallest absolute Gasteiger partial charge is 0.139 e. The standard InChI is InChI=1S/C21H19FN2O/c22-19-7-3-2-6-18(19)21-15-24(13-16-9-11-23-12-10-16)14-17-5-1-4-8-20(17)25-21/h1-12,21H,13-15H2. The van der Waals surface area contributed by atoms with Crippen LogP contribution in [0.15, 0.2) is 73.1 Å². The zero-order valence-corrected chi connectivity index (χ0v) is 13.8. The highest BCUT2D eigenvalue weighted by atomic mass is 19.1. The molecule has 25 heavy (non-hydrogen) atoms. The molecule has 0 saturated heterocycles. The maximum atomic E-state index is 14.3. The first-order valence-electron chi connectivity index (χ1n) is 8.40. The van der Waals surface area contributed by atoms with Crippen LogP contribution in [0.2, 0.25) is 0 Å². The lowest BCUT2D eigenvalue weighted by Gasteiger charge is -2.24. The van der Waals surface area contributed by atoms with Crippen LogP contribution >= 0.6 is 0 Å². The minimum absolute atomic E-state index is 0.226. The second kappa shape index (κ2) is 7.03. The lowest BCUT2D eigenvalue weighted by molar-refractivity contribution is 0.140. The normalized spacial score (nSPS) is 17.4. The Hall–Kier alpha value is -2.72. The molecule has 3 aromatic rings. The van der Waals surface area contributed by atoms with Crippen molar-refractivity contribution in [2.24, 2.45) is 0 Å². The average molecular weight is 334 g/mol. The molecule has 2 aromatic carbocycles. The van der Waals surface area contributed by atoms with Crippen molar-refractivity contribution >= 4 is 0 Å². The zero-order valence-electron chi connectivity index (χ0n) is 13.8. The SMILES string of the molecule is Fc1ccccc1C1CN(Cc2ccncc2)Cc2ccccc2O1. The Morgan fingerprint density at radius 3 is 2.60 bits per heavy atom. The fourth-order valence-electron chi connectivity index (χ4n) is 3.24. The molecule has 0 radical (unpaired) electrons. The fraction of sp³-hybridized carbons (Fsp3) is 0.190. The fourth-order valence-corrected chi connectivity index (χ4v) is 3.24. The molecule has 0 amide bonds. The van der Waals surface area contributed by atoms with E-state index in [1.807, 2.05) is 36.4 Å². The Labute approximate surface area is 146 Å². The van der Waals surface area contributed by atoms with Gasteiger partial charge in [-0.1, -0.05) is 36.4 Å². The highest BCUT2D eigenvalue weighted by molar-refractivity contribution is 5.35. The molecular weight excluding hydrogens is 315 g/mol. The lowest BCUT2D eigenvalue weighted by Crippen LogP contribution is -2.28. The van der Waals surface area contributed by atoms with Gasteiger partial charge in [-0.15, -0.1) is 0 Å². The summed E-state index contributed by atoms with van der Waals surface area (Å²) in [6, 6.07) is 18.9. The molecule has 126 valence electrons. The van der Waals surface area contributed by atoms with E-state index in [1.54, 1.807) is 24.5 Å². The van der Waals surface area contributed by atoms with Crippen LogP contribution in [0, 0.1) is 5.82 Å². The summed E-state index contributed by atoms with van der Waals surface area (Å²) in [5, 5.41) is 0. The summed E-state index contributed by atoms with van der Waals surface area (Å²) >= 11 is 0. The van der Waals surface area contributed by atoms with E-state index in [-0.39, 0.29) is 11.9 Å². The summed E-state index contributed by atoms with van der Waals surface area (Å²) in [4.78, 5) is 6.36. The van der Waals surface area contributed by atoms with Gasteiger partial charge in [-0.3, -0.25) is 9.88 Å². The maximum absolute atomic E-state index is 14.3. The van der Waals surface area contributed by atoms with Crippen LogP contribution in [0.3, 0.4) is 0 Å². The zero-order chi connectivity index (χ0) is 17.1. The van der Waals surface area contributed by atoms with Gasteiger partial charge in [0.1, 0.15) is 17.7 Å². The molecule has 0 aliphatic carbocycles. The monoisotopic (exact) mass is 334 g/mol. The Morgan fingerprint density at radius 2 is 1.76 bits per heavy atom. The van der Waals surface area contributed by atoms with Gasteiger partial charge in [0.25, 0.3) is 0 Å². The molecule has 0 N–H and O–H groups in total. The van der Waals surface area contributed by atoms with E-state index >= 15 is 0 Å². The molecule has 0 fully saturated rings. The van der Waals surface area contributed by atoms with Gasteiger partial charge in [0, 0.05) is 43.2 Å². The summed E-state index contributed by atoms with van der Waals surface area (Å²) in [6.07, 6.45) is 3.25. The van der Waals surface area contributed by atoms with Crippen molar-refractivity contribution in [1.82, 2.24) is 9.88 Å². The molecule has 1 atom stereocenters. The number of hydrogen-bond donors (Lipinski definition) is 0. The van der Waals surface area contributed by atoms with Crippen LogP contribution < -0.4 is 4.74 Å². The summed E-state index contributed by atoms with van der Waals surface area (Å²) in [6.45, 7) is 2.16. The van der Waals surface area contributed by atoms with Crippen molar-refractivity contribution < 1.29 is 9.13 Å². The first-order chi connectivity index (χ1) is 12.3. The second-order valence-corrected chi connectivity index (χ2v) is 6.26. The van der Waals surface area contributed by atoms with Gasteiger partial charge >= 0.3 is 0 Å².